The Kier molecular flexibility index (Phi) is 5.57. The number of hydrogen-bond acceptors (Lipinski definition) is 3. The zero-order chi connectivity index (χ0) is 22.0. The van der Waals surface area contributed by atoms with Crippen molar-refractivity contribution in [2.45, 2.75) is 32.4 Å². The molecule has 4 nitrogen and oxygen atoms in total. The van der Waals surface area contributed by atoms with Gasteiger partial charge in [-0.1, -0.05) is 78.4 Å². The summed E-state index contributed by atoms with van der Waals surface area (Å²) in [6.45, 7) is 4.39. The lowest BCUT2D eigenvalue weighted by atomic mass is 9.89. The Morgan fingerprint density at radius 3 is 2.45 bits per heavy atom. The number of para-hydroxylation sites is 1. The smallest absolute Gasteiger partial charge is 0.264 e. The number of aryl methyl sites for hydroxylation is 2. The molecule has 0 unspecified atom stereocenters. The number of nitrogens with zero attached hydrogens (tertiary/aromatic N) is 1. The van der Waals surface area contributed by atoms with Gasteiger partial charge in [0.1, 0.15) is 0 Å². The third-order valence-electron chi connectivity index (χ3n) is 5.76. The molecule has 0 fully saturated rings. The summed E-state index contributed by atoms with van der Waals surface area (Å²) in [5, 5.41) is 11.4. The fourth-order valence-electron chi connectivity index (χ4n) is 4.09. The van der Waals surface area contributed by atoms with Crippen LogP contribution < -0.4 is 4.90 Å². The van der Waals surface area contributed by atoms with Crippen LogP contribution in [0, 0.1) is 13.8 Å². The van der Waals surface area contributed by atoms with Crippen LogP contribution in [0.25, 0.3) is 6.08 Å². The third-order valence-corrected chi connectivity index (χ3v) is 5.76. The largest absolute Gasteiger partial charge is 0.375 e. The molecule has 0 aliphatic carbocycles. The van der Waals surface area contributed by atoms with Gasteiger partial charge in [-0.15, -0.1) is 0 Å². The Morgan fingerprint density at radius 2 is 1.71 bits per heavy atom. The van der Waals surface area contributed by atoms with Gasteiger partial charge in [0.15, 0.2) is 11.4 Å². The van der Waals surface area contributed by atoms with Gasteiger partial charge in [0, 0.05) is 5.56 Å². The zero-order valence-electron chi connectivity index (χ0n) is 17.7. The fourth-order valence-corrected chi connectivity index (χ4v) is 4.09. The average Bonchev–Trinajstić information content (AvgIpc) is 2.97. The molecule has 3 aromatic carbocycles. The highest BCUT2D eigenvalue weighted by molar-refractivity contribution is 6.10. The second-order valence-corrected chi connectivity index (χ2v) is 8.09. The van der Waals surface area contributed by atoms with Crippen LogP contribution in [0.5, 0.6) is 0 Å². The van der Waals surface area contributed by atoms with E-state index in [1.165, 1.54) is 6.08 Å². The average molecular weight is 412 g/mol. The van der Waals surface area contributed by atoms with E-state index in [1.807, 2.05) is 68.4 Å². The second kappa shape index (κ2) is 8.32. The van der Waals surface area contributed by atoms with Crippen LogP contribution in [-0.2, 0) is 21.7 Å². The van der Waals surface area contributed by atoms with Crippen LogP contribution in [0.1, 0.15) is 34.2 Å². The summed E-state index contributed by atoms with van der Waals surface area (Å²) in [5.41, 5.74) is 3.39. The highest BCUT2D eigenvalue weighted by atomic mass is 16.3. The number of anilines is 1. The van der Waals surface area contributed by atoms with Gasteiger partial charge < -0.3 is 10.0 Å². The van der Waals surface area contributed by atoms with Gasteiger partial charge in [0.25, 0.3) is 5.91 Å². The molecular formula is C27H25NO3. The highest BCUT2D eigenvalue weighted by Gasteiger charge is 2.50. The first-order valence-corrected chi connectivity index (χ1v) is 10.3. The van der Waals surface area contributed by atoms with E-state index in [0.29, 0.717) is 17.8 Å². The van der Waals surface area contributed by atoms with E-state index < -0.39 is 11.5 Å². The first kappa shape index (κ1) is 20.8. The molecule has 0 saturated heterocycles. The molecule has 1 N–H and O–H groups in total. The number of rotatable bonds is 6. The van der Waals surface area contributed by atoms with Crippen LogP contribution in [-0.4, -0.2) is 16.8 Å². The van der Waals surface area contributed by atoms with E-state index in [2.05, 4.69) is 6.07 Å². The zero-order valence-corrected chi connectivity index (χ0v) is 17.7. The quantitative estimate of drug-likeness (QED) is 0.598. The number of benzene rings is 3. The van der Waals surface area contributed by atoms with Gasteiger partial charge in [-0.05, 0) is 42.7 Å². The molecule has 0 radical (unpaired) electrons. The number of carbonyl (C=O) groups excluding carboxylic acids is 2. The molecule has 31 heavy (non-hydrogen) atoms. The summed E-state index contributed by atoms with van der Waals surface area (Å²) in [6, 6.07) is 22.7. The summed E-state index contributed by atoms with van der Waals surface area (Å²) in [5.74, 6) is -0.766. The molecule has 1 aliphatic rings. The summed E-state index contributed by atoms with van der Waals surface area (Å²) in [6.07, 6.45) is 2.83. The van der Waals surface area contributed by atoms with Crippen molar-refractivity contribution in [2.24, 2.45) is 0 Å². The Labute approximate surface area is 182 Å². The molecule has 1 atom stereocenters. The number of hydrogen-bond donors (Lipinski definition) is 1. The number of amides is 1. The first-order valence-electron chi connectivity index (χ1n) is 10.3. The molecule has 0 saturated carbocycles. The first-order chi connectivity index (χ1) is 14.9. The lowest BCUT2D eigenvalue weighted by Crippen LogP contribution is -2.41. The number of carbonyl (C=O) groups is 2. The van der Waals surface area contributed by atoms with Gasteiger partial charge in [-0.25, -0.2) is 0 Å². The van der Waals surface area contributed by atoms with Crippen LogP contribution >= 0.6 is 0 Å². The van der Waals surface area contributed by atoms with Crippen molar-refractivity contribution < 1.29 is 14.7 Å². The van der Waals surface area contributed by atoms with Crippen LogP contribution in [0.3, 0.4) is 0 Å². The molecule has 1 aliphatic heterocycles. The minimum atomic E-state index is -1.87. The number of allylic oxidation sites excluding steroid dienone is 1. The Bertz CT molecular complexity index is 1170. The number of fused-ring (bicyclic) bond motifs is 1. The molecule has 156 valence electrons. The van der Waals surface area contributed by atoms with Gasteiger partial charge in [0.05, 0.1) is 18.7 Å². The van der Waals surface area contributed by atoms with Crippen molar-refractivity contribution >= 4 is 23.5 Å². The molecule has 4 heteroatoms. The third kappa shape index (κ3) is 4.07. The van der Waals surface area contributed by atoms with Crippen molar-refractivity contribution in [1.82, 2.24) is 0 Å². The standard InChI is InChI=1S/C27H25NO3/c1-19-12-14-22(20(2)16-19)18-28-25-11-7-6-10-24(25)27(31,26(28)30)17-23(29)15-13-21-8-4-3-5-9-21/h3-16,31H,17-18H2,1-2H3/b15-13-/t27-/m0/s1. The predicted octanol–water partition coefficient (Wildman–Crippen LogP) is 4.71. The minimum absolute atomic E-state index is 0.296. The molecule has 1 heterocycles. The van der Waals surface area contributed by atoms with Crippen molar-refractivity contribution in [1.29, 1.82) is 0 Å². The highest BCUT2D eigenvalue weighted by Crippen LogP contribution is 2.43. The molecule has 0 spiro atoms. The van der Waals surface area contributed by atoms with E-state index in [1.54, 1.807) is 23.1 Å². The van der Waals surface area contributed by atoms with E-state index >= 15 is 0 Å². The van der Waals surface area contributed by atoms with Crippen LogP contribution in [0.4, 0.5) is 5.69 Å². The predicted molar refractivity (Wildman–Crippen MR) is 123 cm³/mol. The van der Waals surface area contributed by atoms with Gasteiger partial charge >= 0.3 is 0 Å². The molecular weight excluding hydrogens is 386 g/mol. The van der Waals surface area contributed by atoms with Gasteiger partial charge in [-0.3, -0.25) is 9.59 Å². The maximum absolute atomic E-state index is 13.4. The van der Waals surface area contributed by atoms with Crippen LogP contribution in [0.2, 0.25) is 0 Å². The second-order valence-electron chi connectivity index (χ2n) is 8.09. The minimum Gasteiger partial charge on any atom is -0.375 e. The Balaban J connectivity index is 1.61. The van der Waals surface area contributed by atoms with E-state index in [-0.39, 0.29) is 12.2 Å². The SMILES string of the molecule is Cc1ccc(CN2C(=O)[C@](O)(CC(=O)/C=C\c3ccccc3)c3ccccc32)c(C)c1. The fraction of sp³-hybridized carbons (Fsp3) is 0.185. The van der Waals surface area contributed by atoms with Crippen molar-refractivity contribution in [3.63, 3.8) is 0 Å². The lowest BCUT2D eigenvalue weighted by Gasteiger charge is -2.23. The molecule has 0 aromatic heterocycles. The van der Waals surface area contributed by atoms with E-state index in [4.69, 9.17) is 0 Å². The van der Waals surface area contributed by atoms with Crippen LogP contribution in [0.15, 0.2) is 78.9 Å². The normalized spacial score (nSPS) is 17.9. The summed E-state index contributed by atoms with van der Waals surface area (Å²) >= 11 is 0. The van der Waals surface area contributed by atoms with Gasteiger partial charge in [-0.2, -0.15) is 0 Å². The maximum atomic E-state index is 13.4. The Morgan fingerprint density at radius 1 is 1.00 bits per heavy atom. The Hall–Kier alpha value is -3.50. The van der Waals surface area contributed by atoms with E-state index in [9.17, 15) is 14.7 Å². The van der Waals surface area contributed by atoms with Crippen molar-refractivity contribution in [3.8, 4) is 0 Å². The molecule has 4 rings (SSSR count). The summed E-state index contributed by atoms with van der Waals surface area (Å²) in [4.78, 5) is 27.6. The maximum Gasteiger partial charge on any atom is 0.264 e. The molecule has 1 amide bonds. The number of aliphatic hydroxyl groups is 1. The molecule has 3 aromatic rings. The number of ketones is 1. The lowest BCUT2D eigenvalue weighted by molar-refractivity contribution is -0.140. The van der Waals surface area contributed by atoms with E-state index in [0.717, 1.165) is 22.3 Å². The monoisotopic (exact) mass is 411 g/mol. The summed E-state index contributed by atoms with van der Waals surface area (Å²) < 4.78 is 0. The molecule has 0 bridgehead atoms. The van der Waals surface area contributed by atoms with Crippen molar-refractivity contribution in [3.05, 3.63) is 107 Å². The topological polar surface area (TPSA) is 57.6 Å². The summed E-state index contributed by atoms with van der Waals surface area (Å²) in [7, 11) is 0. The van der Waals surface area contributed by atoms with Crippen molar-refractivity contribution in [2.75, 3.05) is 4.90 Å². The van der Waals surface area contributed by atoms with Gasteiger partial charge in [0.2, 0.25) is 0 Å².